The van der Waals surface area contributed by atoms with E-state index in [0.717, 1.165) is 0 Å². The SMILES string of the molecule is COc1ccccc1NN=C(Cl)C(=O)Nc1ccccc1O. The van der Waals surface area contributed by atoms with Crippen LogP contribution in [-0.4, -0.2) is 23.3 Å². The van der Waals surface area contributed by atoms with Crippen LogP contribution in [0.1, 0.15) is 0 Å². The molecule has 0 aliphatic heterocycles. The molecule has 0 spiro atoms. The van der Waals surface area contributed by atoms with E-state index >= 15 is 0 Å². The van der Waals surface area contributed by atoms with Crippen molar-refractivity contribution in [3.8, 4) is 11.5 Å². The Bertz CT molecular complexity index is 704. The van der Waals surface area contributed by atoms with Gasteiger partial charge < -0.3 is 15.2 Å². The standard InChI is InChI=1S/C15H14ClN3O3/c1-22-13-9-5-3-7-11(13)18-19-14(16)15(21)17-10-6-2-4-8-12(10)20/h2-9,18,20H,1H3,(H,17,21). The number of hydrazone groups is 1. The normalized spacial score (nSPS) is 10.9. The van der Waals surface area contributed by atoms with Gasteiger partial charge in [-0.2, -0.15) is 5.10 Å². The van der Waals surface area contributed by atoms with Gasteiger partial charge in [0, 0.05) is 0 Å². The molecule has 0 saturated heterocycles. The molecule has 22 heavy (non-hydrogen) atoms. The zero-order chi connectivity index (χ0) is 15.9. The average molecular weight is 320 g/mol. The number of carbonyl (C=O) groups is 1. The monoisotopic (exact) mass is 319 g/mol. The average Bonchev–Trinajstić information content (AvgIpc) is 2.54. The maximum Gasteiger partial charge on any atom is 0.287 e. The number of para-hydroxylation sites is 4. The van der Waals surface area contributed by atoms with Crippen LogP contribution in [0.25, 0.3) is 0 Å². The topological polar surface area (TPSA) is 83.0 Å². The minimum Gasteiger partial charge on any atom is -0.506 e. The molecule has 3 N–H and O–H groups in total. The number of carbonyl (C=O) groups excluding carboxylic acids is 1. The zero-order valence-corrected chi connectivity index (χ0v) is 12.5. The molecular weight excluding hydrogens is 306 g/mol. The van der Waals surface area contributed by atoms with Gasteiger partial charge in [0.2, 0.25) is 5.17 Å². The Morgan fingerprint density at radius 1 is 1.14 bits per heavy atom. The first-order valence-electron chi connectivity index (χ1n) is 6.33. The van der Waals surface area contributed by atoms with Gasteiger partial charge >= 0.3 is 0 Å². The lowest BCUT2D eigenvalue weighted by atomic mass is 10.3. The summed E-state index contributed by atoms with van der Waals surface area (Å²) in [4.78, 5) is 11.9. The minimum absolute atomic E-state index is 0.0574. The highest BCUT2D eigenvalue weighted by Gasteiger charge is 2.11. The second kappa shape index (κ2) is 7.33. The van der Waals surface area contributed by atoms with E-state index in [0.29, 0.717) is 11.4 Å². The maximum absolute atomic E-state index is 11.9. The van der Waals surface area contributed by atoms with Gasteiger partial charge in [0.15, 0.2) is 0 Å². The molecule has 0 radical (unpaired) electrons. The summed E-state index contributed by atoms with van der Waals surface area (Å²) < 4.78 is 5.14. The van der Waals surface area contributed by atoms with Crippen molar-refractivity contribution in [1.29, 1.82) is 0 Å². The zero-order valence-electron chi connectivity index (χ0n) is 11.7. The molecule has 0 heterocycles. The predicted molar refractivity (Wildman–Crippen MR) is 86.6 cm³/mol. The highest BCUT2D eigenvalue weighted by molar-refractivity contribution is 6.84. The van der Waals surface area contributed by atoms with Crippen molar-refractivity contribution < 1.29 is 14.6 Å². The first-order chi connectivity index (χ1) is 10.6. The van der Waals surface area contributed by atoms with Crippen molar-refractivity contribution in [3.05, 3.63) is 48.5 Å². The Hall–Kier alpha value is -2.73. The van der Waals surface area contributed by atoms with E-state index in [4.69, 9.17) is 16.3 Å². The van der Waals surface area contributed by atoms with Gasteiger partial charge in [0.05, 0.1) is 18.5 Å². The molecule has 0 bridgehead atoms. The Morgan fingerprint density at radius 3 is 2.45 bits per heavy atom. The van der Waals surface area contributed by atoms with Crippen LogP contribution in [0, 0.1) is 0 Å². The van der Waals surface area contributed by atoms with Crippen LogP contribution in [0.5, 0.6) is 11.5 Å². The number of hydrogen-bond acceptors (Lipinski definition) is 5. The van der Waals surface area contributed by atoms with Crippen molar-refractivity contribution in [2.45, 2.75) is 0 Å². The van der Waals surface area contributed by atoms with Crippen molar-refractivity contribution in [3.63, 3.8) is 0 Å². The van der Waals surface area contributed by atoms with E-state index < -0.39 is 5.91 Å². The van der Waals surface area contributed by atoms with E-state index in [-0.39, 0.29) is 16.6 Å². The first kappa shape index (κ1) is 15.7. The van der Waals surface area contributed by atoms with Crippen LogP contribution >= 0.6 is 11.6 Å². The Kier molecular flexibility index (Phi) is 5.21. The highest BCUT2D eigenvalue weighted by Crippen LogP contribution is 2.23. The van der Waals surface area contributed by atoms with Gasteiger partial charge in [-0.05, 0) is 24.3 Å². The molecule has 0 aliphatic rings. The lowest BCUT2D eigenvalue weighted by molar-refractivity contribution is -0.110. The highest BCUT2D eigenvalue weighted by atomic mass is 35.5. The van der Waals surface area contributed by atoms with Crippen LogP contribution in [0.3, 0.4) is 0 Å². The molecule has 2 rings (SSSR count). The van der Waals surface area contributed by atoms with Gasteiger partial charge in [0.25, 0.3) is 5.91 Å². The molecule has 0 fully saturated rings. The van der Waals surface area contributed by atoms with E-state index in [2.05, 4.69) is 15.8 Å². The molecular formula is C15H14ClN3O3. The number of ether oxygens (including phenoxy) is 1. The minimum atomic E-state index is -0.648. The maximum atomic E-state index is 11.9. The number of rotatable bonds is 5. The molecule has 0 saturated carbocycles. The third-order valence-electron chi connectivity index (χ3n) is 2.72. The molecule has 0 unspecified atom stereocenters. The number of anilines is 2. The quantitative estimate of drug-likeness (QED) is 0.449. The lowest BCUT2D eigenvalue weighted by Crippen LogP contribution is -2.19. The number of halogens is 1. The summed E-state index contributed by atoms with van der Waals surface area (Å²) in [6.07, 6.45) is 0. The lowest BCUT2D eigenvalue weighted by Gasteiger charge is -2.08. The van der Waals surface area contributed by atoms with Crippen LogP contribution in [0.15, 0.2) is 53.6 Å². The van der Waals surface area contributed by atoms with E-state index in [9.17, 15) is 9.90 Å². The molecule has 2 aromatic carbocycles. The predicted octanol–water partition coefficient (Wildman–Crippen LogP) is 3.00. The molecule has 7 heteroatoms. The summed E-state index contributed by atoms with van der Waals surface area (Å²) >= 11 is 5.83. The Morgan fingerprint density at radius 2 is 1.77 bits per heavy atom. The number of methoxy groups -OCH3 is 1. The smallest absolute Gasteiger partial charge is 0.287 e. The number of phenolic OH excluding ortho intramolecular Hbond substituents is 1. The number of hydrogen-bond donors (Lipinski definition) is 3. The van der Waals surface area contributed by atoms with Gasteiger partial charge in [-0.3, -0.25) is 10.2 Å². The summed E-state index contributed by atoms with van der Waals surface area (Å²) in [5, 5.41) is 15.5. The van der Waals surface area contributed by atoms with Crippen LogP contribution in [0.4, 0.5) is 11.4 Å². The van der Waals surface area contributed by atoms with Gasteiger partial charge in [-0.1, -0.05) is 35.9 Å². The summed E-state index contributed by atoms with van der Waals surface area (Å²) in [5.74, 6) is -0.139. The van der Waals surface area contributed by atoms with Crippen molar-refractivity contribution in [2.24, 2.45) is 5.10 Å². The van der Waals surface area contributed by atoms with E-state index in [1.807, 2.05) is 0 Å². The molecule has 114 valence electrons. The van der Waals surface area contributed by atoms with Crippen LogP contribution < -0.4 is 15.5 Å². The van der Waals surface area contributed by atoms with E-state index in [1.54, 1.807) is 42.5 Å². The summed E-state index contributed by atoms with van der Waals surface area (Å²) in [6.45, 7) is 0. The number of nitrogens with zero attached hydrogens (tertiary/aromatic N) is 1. The molecule has 0 atom stereocenters. The van der Waals surface area contributed by atoms with Crippen LogP contribution in [0.2, 0.25) is 0 Å². The van der Waals surface area contributed by atoms with Crippen molar-refractivity contribution in [2.75, 3.05) is 17.9 Å². The fourth-order valence-electron chi connectivity index (χ4n) is 1.65. The van der Waals surface area contributed by atoms with E-state index in [1.165, 1.54) is 13.2 Å². The number of nitrogens with one attached hydrogen (secondary N) is 2. The number of aromatic hydroxyl groups is 1. The number of amides is 1. The van der Waals surface area contributed by atoms with Crippen molar-refractivity contribution >= 4 is 34.1 Å². The third kappa shape index (κ3) is 3.89. The molecule has 2 aromatic rings. The summed E-state index contributed by atoms with van der Waals surface area (Å²) in [7, 11) is 1.52. The summed E-state index contributed by atoms with van der Waals surface area (Å²) in [5.41, 5.74) is 3.47. The van der Waals surface area contributed by atoms with Gasteiger partial charge in [-0.25, -0.2) is 0 Å². The molecule has 0 aromatic heterocycles. The summed E-state index contributed by atoms with van der Waals surface area (Å²) in [6, 6.07) is 13.4. The fourth-order valence-corrected chi connectivity index (χ4v) is 1.74. The fraction of sp³-hybridized carbons (Fsp3) is 0.0667. The molecule has 0 aliphatic carbocycles. The Balaban J connectivity index is 2.06. The van der Waals surface area contributed by atoms with Crippen LogP contribution in [-0.2, 0) is 4.79 Å². The number of phenols is 1. The molecule has 1 amide bonds. The number of benzene rings is 2. The van der Waals surface area contributed by atoms with Gasteiger partial charge in [0.1, 0.15) is 11.5 Å². The largest absolute Gasteiger partial charge is 0.506 e. The van der Waals surface area contributed by atoms with Gasteiger partial charge in [-0.15, -0.1) is 0 Å². The molecule has 6 nitrogen and oxygen atoms in total. The Labute approximate surface area is 132 Å². The van der Waals surface area contributed by atoms with Crippen molar-refractivity contribution in [1.82, 2.24) is 0 Å². The second-order valence-electron chi connectivity index (χ2n) is 4.19. The second-order valence-corrected chi connectivity index (χ2v) is 4.54. The first-order valence-corrected chi connectivity index (χ1v) is 6.71. The third-order valence-corrected chi connectivity index (χ3v) is 2.98.